The predicted octanol–water partition coefficient (Wildman–Crippen LogP) is 0.992. The number of morpholine rings is 1. The van der Waals surface area contributed by atoms with Gasteiger partial charge in [-0.2, -0.15) is 4.98 Å². The van der Waals surface area contributed by atoms with Crippen molar-refractivity contribution in [2.24, 2.45) is 0 Å². The lowest BCUT2D eigenvalue weighted by Gasteiger charge is -2.26. The first-order valence-electron chi connectivity index (χ1n) is 5.90. The molecule has 2 heterocycles. The number of hydrogen-bond acceptors (Lipinski definition) is 6. The van der Waals surface area contributed by atoms with Crippen LogP contribution in [0.4, 0.5) is 5.95 Å². The molecule has 7 heteroatoms. The van der Waals surface area contributed by atoms with Gasteiger partial charge in [0.25, 0.3) is 0 Å². The molecule has 18 heavy (non-hydrogen) atoms. The van der Waals surface area contributed by atoms with Crippen LogP contribution in [0.25, 0.3) is 0 Å². The Hall–Kier alpha value is -0.920. The van der Waals surface area contributed by atoms with Crippen LogP contribution >= 0.6 is 15.9 Å². The van der Waals surface area contributed by atoms with Gasteiger partial charge in [-0.3, -0.25) is 4.90 Å². The third-order valence-corrected chi connectivity index (χ3v) is 3.26. The maximum atomic E-state index is 5.30. The van der Waals surface area contributed by atoms with Crippen molar-refractivity contribution in [1.29, 1.82) is 0 Å². The lowest BCUT2D eigenvalue weighted by atomic mass is 10.4. The van der Waals surface area contributed by atoms with Gasteiger partial charge in [-0.25, -0.2) is 4.98 Å². The van der Waals surface area contributed by atoms with Crippen LogP contribution in [0.5, 0.6) is 5.88 Å². The molecule has 0 spiro atoms. The van der Waals surface area contributed by atoms with Crippen molar-refractivity contribution in [2.75, 3.05) is 51.8 Å². The highest BCUT2D eigenvalue weighted by molar-refractivity contribution is 9.10. The fourth-order valence-corrected chi connectivity index (χ4v) is 2.08. The van der Waals surface area contributed by atoms with E-state index in [0.717, 1.165) is 43.9 Å². The van der Waals surface area contributed by atoms with Gasteiger partial charge in [-0.1, -0.05) is 0 Å². The van der Waals surface area contributed by atoms with E-state index < -0.39 is 0 Å². The van der Waals surface area contributed by atoms with Crippen molar-refractivity contribution in [1.82, 2.24) is 14.9 Å². The van der Waals surface area contributed by atoms with Crippen LogP contribution in [0.3, 0.4) is 0 Å². The monoisotopic (exact) mass is 316 g/mol. The molecule has 2 rings (SSSR count). The van der Waals surface area contributed by atoms with Crippen molar-refractivity contribution < 1.29 is 9.47 Å². The number of ether oxygens (including phenoxy) is 2. The standard InChI is InChI=1S/C11H17BrN4O2/c1-17-10-9(12)8-14-11(15-10)13-2-3-16-4-6-18-7-5-16/h8H,2-7H2,1H3,(H,13,14,15). The summed E-state index contributed by atoms with van der Waals surface area (Å²) in [5.74, 6) is 1.13. The second-order valence-electron chi connectivity index (χ2n) is 3.93. The van der Waals surface area contributed by atoms with E-state index in [1.165, 1.54) is 0 Å². The number of nitrogens with one attached hydrogen (secondary N) is 1. The van der Waals surface area contributed by atoms with Gasteiger partial charge in [0, 0.05) is 26.2 Å². The average molecular weight is 317 g/mol. The zero-order valence-electron chi connectivity index (χ0n) is 10.4. The van der Waals surface area contributed by atoms with Gasteiger partial charge in [0.2, 0.25) is 11.8 Å². The molecular weight excluding hydrogens is 300 g/mol. The highest BCUT2D eigenvalue weighted by Crippen LogP contribution is 2.21. The lowest BCUT2D eigenvalue weighted by molar-refractivity contribution is 0.0398. The topological polar surface area (TPSA) is 59.5 Å². The molecule has 1 aromatic rings. The molecule has 1 aliphatic rings. The van der Waals surface area contributed by atoms with Gasteiger partial charge in [0.05, 0.1) is 31.0 Å². The molecule has 100 valence electrons. The highest BCUT2D eigenvalue weighted by atomic mass is 79.9. The van der Waals surface area contributed by atoms with Crippen LogP contribution in [0.2, 0.25) is 0 Å². The molecule has 0 aliphatic carbocycles. The van der Waals surface area contributed by atoms with Crippen LogP contribution in [-0.4, -0.2) is 61.4 Å². The summed E-state index contributed by atoms with van der Waals surface area (Å²) < 4.78 is 11.2. The molecule has 1 aliphatic heterocycles. The quantitative estimate of drug-likeness (QED) is 0.874. The third kappa shape index (κ3) is 3.79. The van der Waals surface area contributed by atoms with Crippen molar-refractivity contribution in [3.05, 3.63) is 10.7 Å². The van der Waals surface area contributed by atoms with E-state index in [1.807, 2.05) is 0 Å². The maximum Gasteiger partial charge on any atom is 0.232 e. The Morgan fingerprint density at radius 3 is 3.00 bits per heavy atom. The Morgan fingerprint density at radius 2 is 2.28 bits per heavy atom. The summed E-state index contributed by atoms with van der Waals surface area (Å²) in [7, 11) is 1.59. The number of rotatable bonds is 5. The largest absolute Gasteiger partial charge is 0.480 e. The van der Waals surface area contributed by atoms with Crippen LogP contribution in [0.15, 0.2) is 10.7 Å². The lowest BCUT2D eigenvalue weighted by Crippen LogP contribution is -2.39. The normalized spacial score (nSPS) is 16.6. The van der Waals surface area contributed by atoms with E-state index in [1.54, 1.807) is 13.3 Å². The van der Waals surface area contributed by atoms with Crippen molar-refractivity contribution >= 4 is 21.9 Å². The number of aromatic nitrogens is 2. The minimum atomic E-state index is 0.541. The number of halogens is 1. The Labute approximate surface area is 115 Å². The van der Waals surface area contributed by atoms with E-state index in [2.05, 4.69) is 36.1 Å². The van der Waals surface area contributed by atoms with Gasteiger partial charge in [-0.15, -0.1) is 0 Å². The molecule has 0 amide bonds. The smallest absolute Gasteiger partial charge is 0.232 e. The third-order valence-electron chi connectivity index (χ3n) is 2.72. The summed E-state index contributed by atoms with van der Waals surface area (Å²) in [6.07, 6.45) is 1.68. The molecule has 1 fully saturated rings. The molecule has 1 N–H and O–H groups in total. The summed E-state index contributed by atoms with van der Waals surface area (Å²) >= 11 is 3.32. The fourth-order valence-electron chi connectivity index (χ4n) is 1.73. The van der Waals surface area contributed by atoms with Crippen LogP contribution < -0.4 is 10.1 Å². The zero-order valence-corrected chi connectivity index (χ0v) is 11.9. The van der Waals surface area contributed by atoms with Crippen LogP contribution in [-0.2, 0) is 4.74 Å². The van der Waals surface area contributed by atoms with E-state index in [0.29, 0.717) is 11.8 Å². The Bertz CT molecular complexity index is 385. The molecule has 1 aromatic heterocycles. The minimum absolute atomic E-state index is 0.541. The maximum absolute atomic E-state index is 5.30. The summed E-state index contributed by atoms with van der Waals surface area (Å²) in [4.78, 5) is 10.8. The van der Waals surface area contributed by atoms with Crippen LogP contribution in [0, 0.1) is 0 Å². The van der Waals surface area contributed by atoms with Crippen molar-refractivity contribution in [3.63, 3.8) is 0 Å². The summed E-state index contributed by atoms with van der Waals surface area (Å²) in [6, 6.07) is 0. The first kappa shape index (κ1) is 13.5. The molecule has 6 nitrogen and oxygen atoms in total. The average Bonchev–Trinajstić information content (AvgIpc) is 2.42. The van der Waals surface area contributed by atoms with E-state index >= 15 is 0 Å². The summed E-state index contributed by atoms with van der Waals surface area (Å²) in [6.45, 7) is 5.40. The SMILES string of the molecule is COc1nc(NCCN2CCOCC2)ncc1Br. The second-order valence-corrected chi connectivity index (χ2v) is 4.79. The molecule has 0 saturated carbocycles. The zero-order chi connectivity index (χ0) is 12.8. The van der Waals surface area contributed by atoms with Crippen molar-refractivity contribution in [2.45, 2.75) is 0 Å². The molecule has 0 bridgehead atoms. The van der Waals surface area contributed by atoms with Gasteiger partial charge in [-0.05, 0) is 15.9 Å². The number of hydrogen-bond donors (Lipinski definition) is 1. The van der Waals surface area contributed by atoms with Gasteiger partial charge in [0.15, 0.2) is 0 Å². The van der Waals surface area contributed by atoms with Gasteiger partial charge >= 0.3 is 0 Å². The molecule has 1 saturated heterocycles. The van der Waals surface area contributed by atoms with E-state index in [4.69, 9.17) is 9.47 Å². The minimum Gasteiger partial charge on any atom is -0.480 e. The predicted molar refractivity (Wildman–Crippen MR) is 72.0 cm³/mol. The number of methoxy groups -OCH3 is 1. The molecule has 0 unspecified atom stereocenters. The van der Waals surface area contributed by atoms with Crippen molar-refractivity contribution in [3.8, 4) is 5.88 Å². The molecule has 0 radical (unpaired) electrons. The van der Waals surface area contributed by atoms with Gasteiger partial charge in [0.1, 0.15) is 0 Å². The highest BCUT2D eigenvalue weighted by Gasteiger charge is 2.10. The summed E-state index contributed by atoms with van der Waals surface area (Å²) in [5.41, 5.74) is 0. The number of nitrogens with zero attached hydrogens (tertiary/aromatic N) is 3. The first-order chi connectivity index (χ1) is 8.79. The fraction of sp³-hybridized carbons (Fsp3) is 0.636. The first-order valence-corrected chi connectivity index (χ1v) is 6.69. The summed E-state index contributed by atoms with van der Waals surface area (Å²) in [5, 5.41) is 3.19. The van der Waals surface area contributed by atoms with E-state index in [9.17, 15) is 0 Å². The molecular formula is C11H17BrN4O2. The number of anilines is 1. The Balaban J connectivity index is 1.79. The molecule has 0 aromatic carbocycles. The van der Waals surface area contributed by atoms with Gasteiger partial charge < -0.3 is 14.8 Å². The Kier molecular flexibility index (Phi) is 5.15. The van der Waals surface area contributed by atoms with Crippen LogP contribution in [0.1, 0.15) is 0 Å². The Morgan fingerprint density at radius 1 is 1.50 bits per heavy atom. The van der Waals surface area contributed by atoms with E-state index in [-0.39, 0.29) is 0 Å². The second kappa shape index (κ2) is 6.86. The molecule has 0 atom stereocenters.